The van der Waals surface area contributed by atoms with Crippen LogP contribution in [0.2, 0.25) is 0 Å². The maximum atomic E-state index is 10.8. The van der Waals surface area contributed by atoms with Crippen molar-refractivity contribution < 1.29 is 9.53 Å². The molecule has 2 aromatic rings. The first-order valence-electron chi connectivity index (χ1n) is 4.43. The molecule has 0 radical (unpaired) electrons. The highest BCUT2D eigenvalue weighted by molar-refractivity contribution is 5.88. The Balaban J connectivity index is 2.55. The van der Waals surface area contributed by atoms with Gasteiger partial charge in [0.15, 0.2) is 5.75 Å². The number of H-pyrrole nitrogens is 1. The summed E-state index contributed by atoms with van der Waals surface area (Å²) in [7, 11) is 0. The quantitative estimate of drug-likeness (QED) is 0.700. The van der Waals surface area contributed by atoms with E-state index in [2.05, 4.69) is 4.98 Å². The minimum absolute atomic E-state index is 0.299. The van der Waals surface area contributed by atoms with Crippen LogP contribution in [0.3, 0.4) is 0 Å². The third kappa shape index (κ3) is 1.48. The van der Waals surface area contributed by atoms with E-state index in [-0.39, 0.29) is 5.97 Å². The van der Waals surface area contributed by atoms with Crippen LogP contribution in [0.5, 0.6) is 5.75 Å². The molecule has 72 valence electrons. The van der Waals surface area contributed by atoms with E-state index in [9.17, 15) is 4.79 Å². The fourth-order valence-corrected chi connectivity index (χ4v) is 1.45. The number of hydrogen-bond acceptors (Lipinski definition) is 2. The molecule has 3 nitrogen and oxygen atoms in total. The lowest BCUT2D eigenvalue weighted by Gasteiger charge is -1.98. The van der Waals surface area contributed by atoms with E-state index < -0.39 is 0 Å². The predicted molar refractivity (Wildman–Crippen MR) is 54.3 cm³/mol. The monoisotopic (exact) mass is 189 g/mol. The molecular weight excluding hydrogens is 178 g/mol. The second kappa shape index (κ2) is 3.18. The Kier molecular flexibility index (Phi) is 2.00. The first-order valence-corrected chi connectivity index (χ1v) is 4.43. The van der Waals surface area contributed by atoms with Gasteiger partial charge in [-0.3, -0.25) is 4.79 Å². The zero-order chi connectivity index (χ0) is 10.1. The molecule has 1 aromatic heterocycles. The standard InChI is InChI=1S/C11H11NO2/c1-7-3-4-10-9(5-7)11(6-12-10)14-8(2)13/h3-6,12H,1-2H3. The number of aryl methyl sites for hydroxylation is 1. The molecule has 0 aliphatic carbocycles. The number of esters is 1. The summed E-state index contributed by atoms with van der Waals surface area (Å²) in [5.41, 5.74) is 2.12. The minimum atomic E-state index is -0.299. The summed E-state index contributed by atoms with van der Waals surface area (Å²) in [5, 5.41) is 0.945. The largest absolute Gasteiger partial charge is 0.424 e. The highest BCUT2D eigenvalue weighted by Gasteiger charge is 2.06. The van der Waals surface area contributed by atoms with Gasteiger partial charge >= 0.3 is 5.97 Å². The van der Waals surface area contributed by atoms with Crippen molar-refractivity contribution in [1.29, 1.82) is 0 Å². The summed E-state index contributed by atoms with van der Waals surface area (Å²) in [5.74, 6) is 0.295. The summed E-state index contributed by atoms with van der Waals surface area (Å²) in [4.78, 5) is 13.8. The fourth-order valence-electron chi connectivity index (χ4n) is 1.45. The van der Waals surface area contributed by atoms with E-state index >= 15 is 0 Å². The first-order chi connectivity index (χ1) is 6.66. The molecule has 0 saturated carbocycles. The Hall–Kier alpha value is -1.77. The highest BCUT2D eigenvalue weighted by atomic mass is 16.5. The molecule has 0 aliphatic rings. The van der Waals surface area contributed by atoms with Crippen molar-refractivity contribution >= 4 is 16.9 Å². The Morgan fingerprint density at radius 3 is 2.93 bits per heavy atom. The fraction of sp³-hybridized carbons (Fsp3) is 0.182. The SMILES string of the molecule is CC(=O)Oc1c[nH]c2ccc(C)cc12. The lowest BCUT2D eigenvalue weighted by atomic mass is 10.2. The van der Waals surface area contributed by atoms with Gasteiger partial charge in [0.25, 0.3) is 0 Å². The molecule has 0 aliphatic heterocycles. The number of fused-ring (bicyclic) bond motifs is 1. The summed E-state index contributed by atoms with van der Waals surface area (Å²) in [6.45, 7) is 3.40. The summed E-state index contributed by atoms with van der Waals surface area (Å²) in [6.07, 6.45) is 1.70. The summed E-state index contributed by atoms with van der Waals surface area (Å²) in [6, 6.07) is 5.97. The zero-order valence-electron chi connectivity index (χ0n) is 8.13. The van der Waals surface area contributed by atoms with Gasteiger partial charge in [-0.15, -0.1) is 0 Å². The van der Waals surface area contributed by atoms with Crippen molar-refractivity contribution in [2.24, 2.45) is 0 Å². The highest BCUT2D eigenvalue weighted by Crippen LogP contribution is 2.26. The molecule has 2 rings (SSSR count). The van der Waals surface area contributed by atoms with Gasteiger partial charge in [0.2, 0.25) is 0 Å². The Morgan fingerprint density at radius 2 is 2.21 bits per heavy atom. The third-order valence-corrected chi connectivity index (χ3v) is 2.05. The molecule has 1 heterocycles. The van der Waals surface area contributed by atoms with Gasteiger partial charge < -0.3 is 9.72 Å². The van der Waals surface area contributed by atoms with Crippen LogP contribution >= 0.6 is 0 Å². The van der Waals surface area contributed by atoms with Crippen LogP contribution in [0.1, 0.15) is 12.5 Å². The molecule has 0 unspecified atom stereocenters. The van der Waals surface area contributed by atoms with Crippen molar-refractivity contribution in [3.05, 3.63) is 30.0 Å². The van der Waals surface area contributed by atoms with Crippen molar-refractivity contribution in [2.75, 3.05) is 0 Å². The van der Waals surface area contributed by atoms with Crippen LogP contribution in [0, 0.1) is 6.92 Å². The van der Waals surface area contributed by atoms with Crippen molar-refractivity contribution in [3.63, 3.8) is 0 Å². The van der Waals surface area contributed by atoms with Crippen molar-refractivity contribution in [3.8, 4) is 5.75 Å². The van der Waals surface area contributed by atoms with Gasteiger partial charge in [-0.05, 0) is 19.1 Å². The lowest BCUT2D eigenvalue weighted by molar-refractivity contribution is -0.131. The molecule has 0 bridgehead atoms. The van der Waals surface area contributed by atoms with E-state index in [1.807, 2.05) is 25.1 Å². The zero-order valence-corrected chi connectivity index (χ0v) is 8.13. The molecule has 1 N–H and O–H groups in total. The van der Waals surface area contributed by atoms with Gasteiger partial charge in [0.05, 0.1) is 0 Å². The summed E-state index contributed by atoms with van der Waals surface area (Å²) < 4.78 is 5.05. The normalized spacial score (nSPS) is 10.4. The maximum absolute atomic E-state index is 10.8. The van der Waals surface area contributed by atoms with Crippen LogP contribution in [0.25, 0.3) is 10.9 Å². The number of hydrogen-bond donors (Lipinski definition) is 1. The van der Waals surface area contributed by atoms with Gasteiger partial charge in [-0.2, -0.15) is 0 Å². The Morgan fingerprint density at radius 1 is 1.43 bits per heavy atom. The van der Waals surface area contributed by atoms with E-state index in [4.69, 9.17) is 4.74 Å². The first kappa shape index (κ1) is 8.81. The molecule has 0 amide bonds. The topological polar surface area (TPSA) is 42.1 Å². The molecule has 1 aromatic carbocycles. The molecular formula is C11H11NO2. The smallest absolute Gasteiger partial charge is 0.308 e. The second-order valence-electron chi connectivity index (χ2n) is 3.30. The van der Waals surface area contributed by atoms with Crippen LogP contribution in [0.15, 0.2) is 24.4 Å². The van der Waals surface area contributed by atoms with Crippen LogP contribution < -0.4 is 4.74 Å². The minimum Gasteiger partial charge on any atom is -0.424 e. The Bertz CT molecular complexity index is 485. The molecule has 14 heavy (non-hydrogen) atoms. The Labute approximate surface area is 81.7 Å². The number of aromatic amines is 1. The van der Waals surface area contributed by atoms with Gasteiger partial charge in [-0.25, -0.2) is 0 Å². The van der Waals surface area contributed by atoms with Crippen LogP contribution in [-0.4, -0.2) is 11.0 Å². The summed E-state index contributed by atoms with van der Waals surface area (Å²) >= 11 is 0. The third-order valence-electron chi connectivity index (χ3n) is 2.05. The molecule has 0 atom stereocenters. The number of benzene rings is 1. The van der Waals surface area contributed by atoms with Crippen molar-refractivity contribution in [2.45, 2.75) is 13.8 Å². The second-order valence-corrected chi connectivity index (χ2v) is 3.30. The average Bonchev–Trinajstić information content (AvgIpc) is 2.47. The number of nitrogens with one attached hydrogen (secondary N) is 1. The molecule has 0 saturated heterocycles. The predicted octanol–water partition coefficient (Wildman–Crippen LogP) is 2.40. The van der Waals surface area contributed by atoms with Gasteiger partial charge in [-0.1, -0.05) is 11.6 Å². The van der Waals surface area contributed by atoms with E-state index in [0.29, 0.717) is 5.75 Å². The number of ether oxygens (including phenoxy) is 1. The maximum Gasteiger partial charge on any atom is 0.308 e. The average molecular weight is 189 g/mol. The molecule has 0 spiro atoms. The van der Waals surface area contributed by atoms with Crippen LogP contribution in [-0.2, 0) is 4.79 Å². The van der Waals surface area contributed by atoms with E-state index in [0.717, 1.165) is 16.5 Å². The number of carbonyl (C=O) groups is 1. The lowest BCUT2D eigenvalue weighted by Crippen LogP contribution is -2.00. The molecule has 3 heteroatoms. The van der Waals surface area contributed by atoms with Gasteiger partial charge in [0.1, 0.15) is 0 Å². The van der Waals surface area contributed by atoms with Crippen molar-refractivity contribution in [1.82, 2.24) is 4.98 Å². The molecule has 0 fully saturated rings. The van der Waals surface area contributed by atoms with Gasteiger partial charge in [0, 0.05) is 24.0 Å². The van der Waals surface area contributed by atoms with E-state index in [1.165, 1.54) is 6.92 Å². The van der Waals surface area contributed by atoms with E-state index in [1.54, 1.807) is 6.20 Å². The number of aromatic nitrogens is 1. The number of rotatable bonds is 1. The van der Waals surface area contributed by atoms with Crippen LogP contribution in [0.4, 0.5) is 0 Å². The number of carbonyl (C=O) groups excluding carboxylic acids is 1.